The zero-order valence-corrected chi connectivity index (χ0v) is 14.4. The quantitative estimate of drug-likeness (QED) is 0.773. The molecule has 0 saturated carbocycles. The number of rotatable bonds is 5. The summed E-state index contributed by atoms with van der Waals surface area (Å²) in [6, 6.07) is 11.8. The number of benzene rings is 2. The number of aromatic nitrogens is 2. The van der Waals surface area contributed by atoms with Crippen molar-refractivity contribution in [3.8, 4) is 11.4 Å². The van der Waals surface area contributed by atoms with Crippen molar-refractivity contribution < 1.29 is 13.9 Å². The Balaban J connectivity index is 1.82. The predicted molar refractivity (Wildman–Crippen MR) is 94.4 cm³/mol. The van der Waals surface area contributed by atoms with E-state index >= 15 is 0 Å². The maximum Gasteiger partial charge on any atom is 0.217 e. The molecule has 2 atom stereocenters. The smallest absolute Gasteiger partial charge is 0.217 e. The van der Waals surface area contributed by atoms with E-state index in [2.05, 4.69) is 10.4 Å². The monoisotopic (exact) mass is 341 g/mol. The summed E-state index contributed by atoms with van der Waals surface area (Å²) < 4.78 is 20.8. The molecule has 130 valence electrons. The van der Waals surface area contributed by atoms with Gasteiger partial charge >= 0.3 is 0 Å². The molecule has 2 aromatic carbocycles. The van der Waals surface area contributed by atoms with E-state index in [1.54, 1.807) is 23.0 Å². The van der Waals surface area contributed by atoms with Gasteiger partial charge in [-0.3, -0.25) is 4.79 Å². The lowest BCUT2D eigenvalue weighted by atomic mass is 10.2. The lowest BCUT2D eigenvalue weighted by Gasteiger charge is -2.22. The van der Waals surface area contributed by atoms with Gasteiger partial charge in [0.25, 0.3) is 0 Å². The number of fused-ring (bicyclic) bond motifs is 1. The van der Waals surface area contributed by atoms with Gasteiger partial charge in [0, 0.05) is 12.3 Å². The van der Waals surface area contributed by atoms with E-state index in [-0.39, 0.29) is 23.9 Å². The summed E-state index contributed by atoms with van der Waals surface area (Å²) in [6.45, 7) is 5.29. The molecular weight excluding hydrogens is 321 g/mol. The Morgan fingerprint density at radius 1 is 1.20 bits per heavy atom. The first kappa shape index (κ1) is 17.0. The highest BCUT2D eigenvalue weighted by Gasteiger charge is 2.15. The maximum atomic E-state index is 13.1. The standard InChI is InChI=1S/C19H20FN3O2/c1-12(22-14(3)24)13(2)25-18-8-9-19-15(10-18)11-21-23(19)17-6-4-16(20)5-7-17/h4-13H,1-3H3,(H,22,24)/t12-,13+/m0/s1. The highest BCUT2D eigenvalue weighted by molar-refractivity contribution is 5.81. The van der Waals surface area contributed by atoms with Crippen LogP contribution in [-0.2, 0) is 4.79 Å². The molecule has 25 heavy (non-hydrogen) atoms. The van der Waals surface area contributed by atoms with E-state index in [1.807, 2.05) is 32.0 Å². The van der Waals surface area contributed by atoms with Crippen LogP contribution in [0.3, 0.4) is 0 Å². The van der Waals surface area contributed by atoms with Gasteiger partial charge in [0.05, 0.1) is 23.4 Å². The molecule has 0 bridgehead atoms. The average Bonchev–Trinajstić information content (AvgIpc) is 2.98. The molecular formula is C19H20FN3O2. The molecule has 6 heteroatoms. The number of ether oxygens (including phenoxy) is 1. The van der Waals surface area contributed by atoms with Crippen molar-refractivity contribution >= 4 is 16.8 Å². The van der Waals surface area contributed by atoms with Crippen LogP contribution >= 0.6 is 0 Å². The van der Waals surface area contributed by atoms with Gasteiger partial charge in [-0.2, -0.15) is 5.10 Å². The predicted octanol–water partition coefficient (Wildman–Crippen LogP) is 3.46. The molecule has 0 spiro atoms. The van der Waals surface area contributed by atoms with Gasteiger partial charge in [-0.1, -0.05) is 0 Å². The van der Waals surface area contributed by atoms with Crippen LogP contribution in [0.15, 0.2) is 48.7 Å². The van der Waals surface area contributed by atoms with Gasteiger partial charge in [0.1, 0.15) is 17.7 Å². The summed E-state index contributed by atoms with van der Waals surface area (Å²) in [4.78, 5) is 11.1. The van der Waals surface area contributed by atoms with Crippen molar-refractivity contribution in [2.24, 2.45) is 0 Å². The van der Waals surface area contributed by atoms with E-state index < -0.39 is 0 Å². The molecule has 1 heterocycles. The van der Waals surface area contributed by atoms with Gasteiger partial charge < -0.3 is 10.1 Å². The largest absolute Gasteiger partial charge is 0.489 e. The molecule has 0 radical (unpaired) electrons. The number of hydrogen-bond acceptors (Lipinski definition) is 3. The molecule has 3 rings (SSSR count). The Bertz CT molecular complexity index is 889. The van der Waals surface area contributed by atoms with Crippen LogP contribution in [0.25, 0.3) is 16.6 Å². The van der Waals surface area contributed by atoms with Crippen LogP contribution in [0.5, 0.6) is 5.75 Å². The molecule has 0 aliphatic carbocycles. The fourth-order valence-electron chi connectivity index (χ4n) is 2.63. The summed E-state index contributed by atoms with van der Waals surface area (Å²) in [6.07, 6.45) is 1.57. The summed E-state index contributed by atoms with van der Waals surface area (Å²) in [5, 5.41) is 8.11. The molecule has 1 aromatic heterocycles. The third-order valence-electron chi connectivity index (χ3n) is 4.07. The molecule has 3 aromatic rings. The normalized spacial score (nSPS) is 13.4. The number of nitrogens with zero attached hydrogens (tertiary/aromatic N) is 2. The molecule has 1 N–H and O–H groups in total. The van der Waals surface area contributed by atoms with Crippen molar-refractivity contribution in [1.29, 1.82) is 0 Å². The van der Waals surface area contributed by atoms with E-state index in [4.69, 9.17) is 4.74 Å². The van der Waals surface area contributed by atoms with Gasteiger partial charge in [-0.15, -0.1) is 0 Å². The summed E-state index contributed by atoms with van der Waals surface area (Å²) in [5.74, 6) is 0.341. The third-order valence-corrected chi connectivity index (χ3v) is 4.07. The van der Waals surface area contributed by atoms with Gasteiger partial charge in [0.2, 0.25) is 5.91 Å². The minimum atomic E-state index is -0.279. The topological polar surface area (TPSA) is 56.1 Å². The first-order valence-electron chi connectivity index (χ1n) is 8.11. The fraction of sp³-hybridized carbons (Fsp3) is 0.263. The zero-order valence-electron chi connectivity index (χ0n) is 14.4. The number of carbonyl (C=O) groups is 1. The van der Waals surface area contributed by atoms with Crippen molar-refractivity contribution in [1.82, 2.24) is 15.1 Å². The third kappa shape index (κ3) is 3.79. The van der Waals surface area contributed by atoms with Crippen LogP contribution in [-0.4, -0.2) is 27.8 Å². The number of hydrogen-bond donors (Lipinski definition) is 1. The van der Waals surface area contributed by atoms with Gasteiger partial charge in [-0.05, 0) is 56.3 Å². The number of halogens is 1. The Morgan fingerprint density at radius 3 is 2.60 bits per heavy atom. The number of nitrogens with one attached hydrogen (secondary N) is 1. The van der Waals surface area contributed by atoms with E-state index in [1.165, 1.54) is 19.1 Å². The van der Waals surface area contributed by atoms with Gasteiger partial charge in [0.15, 0.2) is 0 Å². The first-order valence-corrected chi connectivity index (χ1v) is 8.11. The Kier molecular flexibility index (Phi) is 4.70. The maximum absolute atomic E-state index is 13.1. The lowest BCUT2D eigenvalue weighted by Crippen LogP contribution is -2.41. The first-order chi connectivity index (χ1) is 11.9. The second-order valence-electron chi connectivity index (χ2n) is 6.07. The van der Waals surface area contributed by atoms with Crippen LogP contribution in [0.1, 0.15) is 20.8 Å². The average molecular weight is 341 g/mol. The molecule has 0 fully saturated rings. The second kappa shape index (κ2) is 6.93. The number of amides is 1. The minimum Gasteiger partial charge on any atom is -0.489 e. The highest BCUT2D eigenvalue weighted by Crippen LogP contribution is 2.24. The van der Waals surface area contributed by atoms with Crippen LogP contribution in [0, 0.1) is 5.82 Å². The minimum absolute atomic E-state index is 0.0843. The van der Waals surface area contributed by atoms with Crippen molar-refractivity contribution in [2.45, 2.75) is 32.9 Å². The van der Waals surface area contributed by atoms with Crippen LogP contribution in [0.4, 0.5) is 4.39 Å². The van der Waals surface area contributed by atoms with Gasteiger partial charge in [-0.25, -0.2) is 9.07 Å². The van der Waals surface area contributed by atoms with Crippen LogP contribution < -0.4 is 10.1 Å². The molecule has 0 aliphatic heterocycles. The van der Waals surface area contributed by atoms with Crippen molar-refractivity contribution in [3.05, 3.63) is 54.5 Å². The highest BCUT2D eigenvalue weighted by atomic mass is 19.1. The SMILES string of the molecule is CC(=O)N[C@@H](C)[C@@H](C)Oc1ccc2c(cnn2-c2ccc(F)cc2)c1. The Labute approximate surface area is 145 Å². The van der Waals surface area contributed by atoms with E-state index in [9.17, 15) is 9.18 Å². The molecule has 0 unspecified atom stereocenters. The summed E-state index contributed by atoms with van der Waals surface area (Å²) in [5.41, 5.74) is 1.69. The molecule has 1 amide bonds. The molecule has 0 aliphatic rings. The van der Waals surface area contributed by atoms with E-state index in [0.717, 1.165) is 16.6 Å². The Hall–Kier alpha value is -2.89. The summed E-state index contributed by atoms with van der Waals surface area (Å²) in [7, 11) is 0. The zero-order chi connectivity index (χ0) is 18.0. The summed E-state index contributed by atoms with van der Waals surface area (Å²) >= 11 is 0. The molecule has 5 nitrogen and oxygen atoms in total. The lowest BCUT2D eigenvalue weighted by molar-refractivity contribution is -0.120. The van der Waals surface area contributed by atoms with Crippen molar-refractivity contribution in [3.63, 3.8) is 0 Å². The molecule has 0 saturated heterocycles. The fourth-order valence-corrected chi connectivity index (χ4v) is 2.63. The number of carbonyl (C=O) groups excluding carboxylic acids is 1. The van der Waals surface area contributed by atoms with Crippen LogP contribution in [0.2, 0.25) is 0 Å². The Morgan fingerprint density at radius 2 is 1.92 bits per heavy atom. The second-order valence-corrected chi connectivity index (χ2v) is 6.07. The van der Waals surface area contributed by atoms with Crippen molar-refractivity contribution in [2.75, 3.05) is 0 Å². The van der Waals surface area contributed by atoms with E-state index in [0.29, 0.717) is 5.75 Å².